The molecule has 6 atom stereocenters. The van der Waals surface area contributed by atoms with E-state index in [4.69, 9.17) is 120 Å². The largest absolute Gasteiger partial charge is 0.497 e. The number of hydrogen-bond acceptors (Lipinski definition) is 31. The number of amides is 2. The number of nitrogens with zero attached hydrogens (tertiary/aromatic N) is 3. The van der Waals surface area contributed by atoms with Crippen molar-refractivity contribution in [1.82, 2.24) is 10.6 Å². The SMILES string of the molecule is COc1cc([C@@H]2c3cc4c(cc3C3=NOCC3[C@@H]2C(=O)NCCOCCOCCOCCOCCC(=O)O)OCO4)cc(CO)c1OC.COc1ccc(N2C[C@@H]3C(=N2)c2cc4c(cc2[C@@H](c2cc(CO)c(OC)c(OC)c2)[C@H]3C(=O)NCCOCCOCCOCCOCCOCCOCCOCCOCCC(=O)O)OCO4)cc1. The molecular formula is C81H107N5O30. The quantitative estimate of drug-likeness (QED) is 0.0280. The lowest BCUT2D eigenvalue weighted by atomic mass is 9.65. The maximum atomic E-state index is 14.7. The van der Waals surface area contributed by atoms with Crippen molar-refractivity contribution in [3.8, 4) is 51.7 Å². The number of ether oxygens (including phenoxy) is 21. The van der Waals surface area contributed by atoms with Gasteiger partial charge in [-0.2, -0.15) is 5.10 Å². The van der Waals surface area contributed by atoms with E-state index in [2.05, 4.69) is 15.8 Å². The number of oxime groups is 1. The van der Waals surface area contributed by atoms with Gasteiger partial charge in [-0.3, -0.25) is 24.2 Å². The summed E-state index contributed by atoms with van der Waals surface area (Å²) in [5, 5.41) is 55.4. The zero-order valence-corrected chi connectivity index (χ0v) is 66.2. The predicted molar refractivity (Wildman–Crippen MR) is 413 cm³/mol. The van der Waals surface area contributed by atoms with Gasteiger partial charge in [0.05, 0.1) is 262 Å². The maximum Gasteiger partial charge on any atom is 0.305 e. The van der Waals surface area contributed by atoms with Crippen LogP contribution in [0.2, 0.25) is 0 Å². The molecule has 5 aromatic rings. The molecule has 4 heterocycles. The standard InChI is InChI=1S/C48H65N3O17.C33H42N2O13/c1-56-36-6-4-35(5-7-36)51-30-39-45(44(33-26-34(31-52)47(58-3)42(27-33)57-2)37-28-40-41(68-32-67-40)29-38(37)46(39)50-51)48(55)49-9-11-60-13-15-62-17-19-64-21-23-66-25-24-65-22-20-63-18-16-61-14-12-59-10-8-43(53)54;1-40-27-14-20(13-21(17-36)32(27)41-2)29-22-15-25-26(47-19-46-25)16-23(22)31-24(18-48-35-31)30(29)33(39)34-4-6-43-8-10-45-12-11-44-9-7-42-5-3-28(37)38/h4-7,26-29,39,44-45,52H,8-25,30-32H2,1-3H3,(H,49,55)(H,53,54);13-16,24,29-30,36H,3-12,17-19H2,1-2H3,(H,34,39)(H,37,38)/t39-,44+,45-;24?,29-,30+/m01/s1. The van der Waals surface area contributed by atoms with Crippen LogP contribution in [0.4, 0.5) is 5.69 Å². The summed E-state index contributed by atoms with van der Waals surface area (Å²) in [5.41, 5.74) is 8.18. The number of carboxylic acid groups (broad SMARTS) is 2. The molecule has 1 unspecified atom stereocenters. The Balaban J connectivity index is 0.000000260. The summed E-state index contributed by atoms with van der Waals surface area (Å²) in [7, 11) is 7.73. The minimum Gasteiger partial charge on any atom is -0.497 e. The van der Waals surface area contributed by atoms with Gasteiger partial charge in [-0.15, -0.1) is 0 Å². The van der Waals surface area contributed by atoms with Crippen molar-refractivity contribution in [2.45, 2.75) is 37.9 Å². The van der Waals surface area contributed by atoms with Gasteiger partial charge in [0.15, 0.2) is 46.0 Å². The number of fused-ring (bicyclic) bond motifs is 8. The highest BCUT2D eigenvalue weighted by atomic mass is 16.7. The molecule has 0 saturated heterocycles. The van der Waals surface area contributed by atoms with E-state index in [9.17, 15) is 29.4 Å². The van der Waals surface area contributed by atoms with E-state index < -0.39 is 35.6 Å². The molecule has 4 aliphatic heterocycles. The van der Waals surface area contributed by atoms with Crippen LogP contribution >= 0.6 is 0 Å². The topological polar surface area (TPSA) is 404 Å². The Morgan fingerprint density at radius 3 is 1.16 bits per heavy atom. The molecule has 636 valence electrons. The number of methoxy groups -OCH3 is 5. The van der Waals surface area contributed by atoms with E-state index in [1.807, 2.05) is 77.8 Å². The number of carbonyl (C=O) groups is 4. The fourth-order valence-electron chi connectivity index (χ4n) is 14.2. The molecule has 35 heteroatoms. The molecule has 0 saturated carbocycles. The summed E-state index contributed by atoms with van der Waals surface area (Å²) in [5.74, 6) is -0.302. The average Bonchev–Trinajstić information content (AvgIpc) is 1.44. The molecule has 0 radical (unpaired) electrons. The van der Waals surface area contributed by atoms with E-state index in [0.717, 1.165) is 50.5 Å². The average molecular weight is 1630 g/mol. The second-order valence-electron chi connectivity index (χ2n) is 26.7. The lowest BCUT2D eigenvalue weighted by Gasteiger charge is -2.38. The van der Waals surface area contributed by atoms with Crippen LogP contribution in [0.25, 0.3) is 0 Å². The lowest BCUT2D eigenvalue weighted by Crippen LogP contribution is -2.46. The fourth-order valence-corrected chi connectivity index (χ4v) is 14.2. The number of anilines is 1. The Kier molecular flexibility index (Phi) is 36.6. The Morgan fingerprint density at radius 1 is 0.431 bits per heavy atom. The van der Waals surface area contributed by atoms with E-state index in [-0.39, 0.29) is 109 Å². The number of carbonyl (C=O) groups excluding carboxylic acids is 2. The number of rotatable bonds is 54. The van der Waals surface area contributed by atoms with Crippen LogP contribution in [-0.2, 0) is 94.1 Å². The molecule has 0 aromatic heterocycles. The summed E-state index contributed by atoms with van der Waals surface area (Å²) in [4.78, 5) is 55.2. The number of hydrazone groups is 1. The molecule has 0 fully saturated rings. The Morgan fingerprint density at radius 2 is 0.793 bits per heavy atom. The molecule has 11 rings (SSSR count). The first-order valence-electron chi connectivity index (χ1n) is 38.5. The van der Waals surface area contributed by atoms with E-state index in [1.54, 1.807) is 14.2 Å². The highest BCUT2D eigenvalue weighted by Gasteiger charge is 2.51. The first kappa shape index (κ1) is 88.9. The first-order chi connectivity index (χ1) is 56.8. The van der Waals surface area contributed by atoms with Gasteiger partial charge in [-0.25, -0.2) is 0 Å². The third-order valence-electron chi connectivity index (χ3n) is 19.5. The number of aliphatic carboxylic acids is 2. The van der Waals surface area contributed by atoms with Crippen molar-refractivity contribution in [1.29, 1.82) is 0 Å². The summed E-state index contributed by atoms with van der Waals surface area (Å²) >= 11 is 0. The van der Waals surface area contributed by atoms with Crippen LogP contribution in [0.15, 0.2) is 83.1 Å². The van der Waals surface area contributed by atoms with Crippen LogP contribution in [0.3, 0.4) is 0 Å². The molecule has 2 aliphatic carbocycles. The van der Waals surface area contributed by atoms with E-state index in [0.29, 0.717) is 202 Å². The second kappa shape index (κ2) is 47.7. The van der Waals surface area contributed by atoms with Crippen molar-refractivity contribution in [3.05, 3.63) is 117 Å². The lowest BCUT2D eigenvalue weighted by molar-refractivity contribution is -0.139. The van der Waals surface area contributed by atoms with Gasteiger partial charge in [0, 0.05) is 53.1 Å². The van der Waals surface area contributed by atoms with Gasteiger partial charge in [0.1, 0.15) is 12.4 Å². The van der Waals surface area contributed by atoms with Crippen LogP contribution in [-0.4, -0.2) is 290 Å². The van der Waals surface area contributed by atoms with Crippen molar-refractivity contribution < 1.29 is 144 Å². The van der Waals surface area contributed by atoms with Crippen LogP contribution in [0, 0.1) is 23.7 Å². The number of nitrogens with one attached hydrogen (secondary N) is 2. The minimum atomic E-state index is -0.899. The van der Waals surface area contributed by atoms with Gasteiger partial charge >= 0.3 is 11.9 Å². The van der Waals surface area contributed by atoms with Gasteiger partial charge in [0.25, 0.3) is 0 Å². The number of carboxylic acids is 2. The normalized spacial score (nSPS) is 17.7. The first-order valence-corrected chi connectivity index (χ1v) is 38.5. The smallest absolute Gasteiger partial charge is 0.305 e. The van der Waals surface area contributed by atoms with Gasteiger partial charge in [0.2, 0.25) is 25.4 Å². The molecule has 35 nitrogen and oxygen atoms in total. The monoisotopic (exact) mass is 1630 g/mol. The molecule has 0 spiro atoms. The molecule has 6 N–H and O–H groups in total. The summed E-state index contributed by atoms with van der Waals surface area (Å²) < 4.78 is 117. The highest BCUT2D eigenvalue weighted by molar-refractivity contribution is 6.11. The molecule has 0 bridgehead atoms. The van der Waals surface area contributed by atoms with Crippen molar-refractivity contribution in [2.75, 3.05) is 239 Å². The predicted octanol–water partition coefficient (Wildman–Crippen LogP) is 4.95. The van der Waals surface area contributed by atoms with E-state index >= 15 is 0 Å². The molecule has 116 heavy (non-hydrogen) atoms. The number of benzene rings is 5. The summed E-state index contributed by atoms with van der Waals surface area (Å²) in [6, 6.07) is 22.7. The van der Waals surface area contributed by atoms with E-state index in [1.165, 1.54) is 21.3 Å². The van der Waals surface area contributed by atoms with Crippen LogP contribution in [0.1, 0.15) is 69.2 Å². The van der Waals surface area contributed by atoms with Crippen molar-refractivity contribution in [3.63, 3.8) is 0 Å². The van der Waals surface area contributed by atoms with Gasteiger partial charge in [-0.1, -0.05) is 5.16 Å². The number of aliphatic hydroxyl groups is 2. The Bertz CT molecular complexity index is 3950. The number of aliphatic hydroxyl groups excluding tert-OH is 2. The number of hydrogen-bond donors (Lipinski definition) is 6. The zero-order chi connectivity index (χ0) is 81.8. The second-order valence-corrected chi connectivity index (χ2v) is 26.7. The third-order valence-corrected chi connectivity index (χ3v) is 19.5. The van der Waals surface area contributed by atoms with Crippen LogP contribution in [0.5, 0.6) is 51.7 Å². The van der Waals surface area contributed by atoms with Gasteiger partial charge in [-0.05, 0) is 95.1 Å². The fraction of sp³-hybridized carbons (Fsp3) is 0.556. The minimum absolute atomic E-state index is 0.0200. The van der Waals surface area contributed by atoms with Crippen molar-refractivity contribution in [2.24, 2.45) is 33.9 Å². The summed E-state index contributed by atoms with van der Waals surface area (Å²) in [6.45, 7) is 9.47. The molecule has 5 aromatic carbocycles. The molecular weight excluding hydrogens is 1520 g/mol. The van der Waals surface area contributed by atoms with Crippen LogP contribution < -0.4 is 58.3 Å². The third kappa shape index (κ3) is 24.8. The molecule has 2 amide bonds. The zero-order valence-electron chi connectivity index (χ0n) is 66.2. The van der Waals surface area contributed by atoms with Crippen molar-refractivity contribution >= 4 is 40.9 Å². The molecule has 6 aliphatic rings. The Hall–Kier alpha value is -9.44. The maximum absolute atomic E-state index is 14.7. The van der Waals surface area contributed by atoms with Gasteiger partial charge < -0.3 is 135 Å². The Labute approximate surface area is 672 Å². The highest BCUT2D eigenvalue weighted by Crippen LogP contribution is 2.54. The summed E-state index contributed by atoms with van der Waals surface area (Å²) in [6.07, 6.45) is -0.0551.